The van der Waals surface area contributed by atoms with Gasteiger partial charge in [-0.1, -0.05) is 18.2 Å². The fourth-order valence-corrected chi connectivity index (χ4v) is 2.55. The number of nitrogens with one attached hydrogen (secondary N) is 1. The molecule has 6 heteroatoms. The second kappa shape index (κ2) is 7.19. The summed E-state index contributed by atoms with van der Waals surface area (Å²) < 4.78 is 32.7. The Hall–Kier alpha value is -3.46. The fourth-order valence-electron chi connectivity index (χ4n) is 2.55. The summed E-state index contributed by atoms with van der Waals surface area (Å²) in [6.07, 6.45) is 0. The van der Waals surface area contributed by atoms with Gasteiger partial charge in [0.15, 0.2) is 11.6 Å². The van der Waals surface area contributed by atoms with Crippen molar-refractivity contribution >= 4 is 0 Å². The summed E-state index contributed by atoms with van der Waals surface area (Å²) in [5.41, 5.74) is 1.45. The lowest BCUT2D eigenvalue weighted by Gasteiger charge is -2.10. The van der Waals surface area contributed by atoms with E-state index in [2.05, 4.69) is 4.98 Å². The van der Waals surface area contributed by atoms with E-state index in [0.717, 1.165) is 0 Å². The zero-order valence-corrected chi connectivity index (χ0v) is 13.8. The lowest BCUT2D eigenvalue weighted by molar-refractivity contribution is 0.290. The molecular weight excluding hydrogens is 338 g/mol. The van der Waals surface area contributed by atoms with Crippen LogP contribution >= 0.6 is 0 Å². The highest BCUT2D eigenvalue weighted by Crippen LogP contribution is 2.27. The maximum Gasteiger partial charge on any atom is 0.266 e. The number of H-pyrrole nitrogens is 1. The molecular formula is C20H14F2N2O2. The van der Waals surface area contributed by atoms with Crippen molar-refractivity contribution < 1.29 is 13.5 Å². The third kappa shape index (κ3) is 3.62. The minimum absolute atomic E-state index is 0.0261. The van der Waals surface area contributed by atoms with Gasteiger partial charge in [-0.2, -0.15) is 5.26 Å². The number of ether oxygens (including phenoxy) is 1. The first-order valence-electron chi connectivity index (χ1n) is 7.79. The molecule has 0 unspecified atom stereocenters. The van der Waals surface area contributed by atoms with E-state index in [4.69, 9.17) is 4.74 Å². The molecule has 0 aliphatic rings. The van der Waals surface area contributed by atoms with Crippen LogP contribution in [0.2, 0.25) is 0 Å². The van der Waals surface area contributed by atoms with Crippen molar-refractivity contribution in [2.75, 3.05) is 0 Å². The van der Waals surface area contributed by atoms with Crippen LogP contribution in [0.5, 0.6) is 5.75 Å². The van der Waals surface area contributed by atoms with E-state index in [9.17, 15) is 18.8 Å². The molecule has 26 heavy (non-hydrogen) atoms. The van der Waals surface area contributed by atoms with Gasteiger partial charge in [0.1, 0.15) is 24.1 Å². The molecule has 130 valence electrons. The number of nitrogens with zero attached hydrogens (tertiary/aromatic N) is 1. The molecule has 0 fully saturated rings. The lowest BCUT2D eigenvalue weighted by atomic mass is 10.0. The van der Waals surface area contributed by atoms with Crippen LogP contribution < -0.4 is 10.3 Å². The number of aryl methyl sites for hydroxylation is 1. The highest BCUT2D eigenvalue weighted by atomic mass is 19.1. The number of aromatic nitrogens is 1. The Kier molecular flexibility index (Phi) is 4.81. The van der Waals surface area contributed by atoms with E-state index in [1.807, 2.05) is 6.07 Å². The van der Waals surface area contributed by atoms with Crippen LogP contribution in [-0.4, -0.2) is 4.98 Å². The highest BCUT2D eigenvalue weighted by Gasteiger charge is 2.13. The number of pyridine rings is 1. The Morgan fingerprint density at radius 3 is 2.50 bits per heavy atom. The number of nitriles is 1. The van der Waals surface area contributed by atoms with E-state index in [0.29, 0.717) is 22.4 Å². The molecule has 1 aromatic heterocycles. The molecule has 0 saturated carbocycles. The summed E-state index contributed by atoms with van der Waals surface area (Å²) in [5.74, 6) is -0.949. The number of aromatic amines is 1. The quantitative estimate of drug-likeness (QED) is 0.769. The van der Waals surface area contributed by atoms with Crippen molar-refractivity contribution in [1.82, 2.24) is 4.98 Å². The predicted molar refractivity (Wildman–Crippen MR) is 92.6 cm³/mol. The lowest BCUT2D eigenvalue weighted by Crippen LogP contribution is -2.12. The normalized spacial score (nSPS) is 10.4. The van der Waals surface area contributed by atoms with Gasteiger partial charge in [-0.15, -0.1) is 0 Å². The van der Waals surface area contributed by atoms with Gasteiger partial charge in [-0.05, 0) is 48.4 Å². The molecule has 0 aliphatic heterocycles. The maximum atomic E-state index is 14.4. The molecule has 2 aromatic carbocycles. The van der Waals surface area contributed by atoms with Crippen LogP contribution in [0.3, 0.4) is 0 Å². The van der Waals surface area contributed by atoms with Gasteiger partial charge >= 0.3 is 0 Å². The molecule has 1 N–H and O–H groups in total. The minimum atomic E-state index is -0.619. The summed E-state index contributed by atoms with van der Waals surface area (Å²) in [6, 6.07) is 13.4. The zero-order valence-electron chi connectivity index (χ0n) is 13.8. The molecule has 3 rings (SSSR count). The first kappa shape index (κ1) is 17.4. The minimum Gasteiger partial charge on any atom is -0.486 e. The van der Waals surface area contributed by atoms with Gasteiger partial charge in [-0.3, -0.25) is 4.79 Å². The highest BCUT2D eigenvalue weighted by molar-refractivity contribution is 5.70. The summed E-state index contributed by atoms with van der Waals surface area (Å²) in [6.45, 7) is 1.77. The van der Waals surface area contributed by atoms with Crippen molar-refractivity contribution in [2.45, 2.75) is 13.5 Å². The Morgan fingerprint density at radius 1 is 1.12 bits per heavy atom. The average molecular weight is 352 g/mol. The average Bonchev–Trinajstić information content (AvgIpc) is 2.61. The predicted octanol–water partition coefficient (Wildman–Crippen LogP) is 4.08. The van der Waals surface area contributed by atoms with Gasteiger partial charge < -0.3 is 9.72 Å². The van der Waals surface area contributed by atoms with Crippen LogP contribution in [0.4, 0.5) is 8.78 Å². The number of rotatable bonds is 4. The molecule has 0 atom stereocenters. The van der Waals surface area contributed by atoms with Crippen LogP contribution in [-0.2, 0) is 6.61 Å². The van der Waals surface area contributed by atoms with Crippen molar-refractivity contribution in [3.8, 4) is 22.9 Å². The standard InChI is InChI=1S/C20H14F2N2O2/c1-12-8-16(17(10-23)20(25)24-12)14-4-7-19(18(22)9-14)26-11-13-2-5-15(21)6-3-13/h2-9H,11H2,1H3,(H,24,25). The zero-order chi connectivity index (χ0) is 18.7. The topological polar surface area (TPSA) is 65.9 Å². The summed E-state index contributed by atoms with van der Waals surface area (Å²) in [7, 11) is 0. The second-order valence-corrected chi connectivity index (χ2v) is 5.74. The number of halogens is 2. The second-order valence-electron chi connectivity index (χ2n) is 5.74. The molecule has 1 heterocycles. The first-order valence-corrected chi connectivity index (χ1v) is 7.79. The van der Waals surface area contributed by atoms with Gasteiger partial charge in [0.05, 0.1) is 0 Å². The van der Waals surface area contributed by atoms with Crippen molar-refractivity contribution in [3.63, 3.8) is 0 Å². The number of hydrogen-bond acceptors (Lipinski definition) is 3. The molecule has 3 aromatic rings. The molecule has 0 spiro atoms. The van der Waals surface area contributed by atoms with Crippen LogP contribution in [0, 0.1) is 29.9 Å². The van der Waals surface area contributed by atoms with Crippen molar-refractivity contribution in [1.29, 1.82) is 5.26 Å². The molecule has 0 bridgehead atoms. The summed E-state index contributed by atoms with van der Waals surface area (Å²) >= 11 is 0. The van der Waals surface area contributed by atoms with Crippen LogP contribution in [0.15, 0.2) is 53.3 Å². The smallest absolute Gasteiger partial charge is 0.266 e. The van der Waals surface area contributed by atoms with Gasteiger partial charge in [0.2, 0.25) is 0 Å². The summed E-state index contributed by atoms with van der Waals surface area (Å²) in [4.78, 5) is 14.4. The summed E-state index contributed by atoms with van der Waals surface area (Å²) in [5, 5.41) is 9.19. The van der Waals surface area contributed by atoms with E-state index < -0.39 is 11.4 Å². The Morgan fingerprint density at radius 2 is 1.85 bits per heavy atom. The third-order valence-electron chi connectivity index (χ3n) is 3.83. The SMILES string of the molecule is Cc1cc(-c2ccc(OCc3ccc(F)cc3)c(F)c2)c(C#N)c(=O)[nH]1. The van der Waals surface area contributed by atoms with E-state index >= 15 is 0 Å². The monoisotopic (exact) mass is 352 g/mol. The molecule has 0 amide bonds. The van der Waals surface area contributed by atoms with Gasteiger partial charge in [-0.25, -0.2) is 8.78 Å². The molecule has 4 nitrogen and oxygen atoms in total. The largest absolute Gasteiger partial charge is 0.486 e. The molecule has 0 aliphatic carbocycles. The Balaban J connectivity index is 1.88. The first-order chi connectivity index (χ1) is 12.5. The van der Waals surface area contributed by atoms with E-state index in [1.165, 1.54) is 24.3 Å². The fraction of sp³-hybridized carbons (Fsp3) is 0.100. The Bertz CT molecular complexity index is 1050. The van der Waals surface area contributed by atoms with E-state index in [-0.39, 0.29) is 23.7 Å². The maximum absolute atomic E-state index is 14.4. The van der Waals surface area contributed by atoms with Gasteiger partial charge in [0.25, 0.3) is 5.56 Å². The Labute approximate surface area is 148 Å². The molecule has 0 radical (unpaired) electrons. The van der Waals surface area contributed by atoms with Crippen molar-refractivity contribution in [3.05, 3.63) is 87.3 Å². The van der Waals surface area contributed by atoms with Crippen LogP contribution in [0.25, 0.3) is 11.1 Å². The number of benzene rings is 2. The van der Waals surface area contributed by atoms with E-state index in [1.54, 1.807) is 31.2 Å². The molecule has 0 saturated heterocycles. The van der Waals surface area contributed by atoms with Crippen molar-refractivity contribution in [2.24, 2.45) is 0 Å². The third-order valence-corrected chi connectivity index (χ3v) is 3.83. The van der Waals surface area contributed by atoms with Crippen LogP contribution in [0.1, 0.15) is 16.8 Å². The van der Waals surface area contributed by atoms with Gasteiger partial charge in [0, 0.05) is 11.3 Å². The number of hydrogen-bond donors (Lipinski definition) is 1.